The van der Waals surface area contributed by atoms with Crippen LogP contribution < -0.4 is 4.74 Å². The van der Waals surface area contributed by atoms with Gasteiger partial charge in [0.15, 0.2) is 0 Å². The molecule has 142 valence electrons. The molecular formula is C21H23FN2O3. The molecule has 3 rings (SSSR count). The van der Waals surface area contributed by atoms with Gasteiger partial charge in [-0.1, -0.05) is 24.3 Å². The average molecular weight is 370 g/mol. The molecule has 0 radical (unpaired) electrons. The van der Waals surface area contributed by atoms with Crippen molar-refractivity contribution in [2.45, 2.75) is 12.8 Å². The van der Waals surface area contributed by atoms with Crippen molar-refractivity contribution in [2.75, 3.05) is 33.3 Å². The average Bonchev–Trinajstić information content (AvgIpc) is 2.95. The zero-order chi connectivity index (χ0) is 19.2. The highest BCUT2D eigenvalue weighted by Gasteiger charge is 2.24. The highest BCUT2D eigenvalue weighted by molar-refractivity contribution is 5.94. The number of benzene rings is 2. The van der Waals surface area contributed by atoms with E-state index in [1.54, 1.807) is 29.0 Å². The number of carbonyl (C=O) groups excluding carboxylic acids is 2. The minimum Gasteiger partial charge on any atom is -0.497 e. The second kappa shape index (κ2) is 8.66. The van der Waals surface area contributed by atoms with Crippen molar-refractivity contribution >= 4 is 11.8 Å². The summed E-state index contributed by atoms with van der Waals surface area (Å²) in [6.07, 6.45) is 0.986. The Balaban J connectivity index is 1.59. The molecule has 1 aliphatic rings. The van der Waals surface area contributed by atoms with Crippen LogP contribution in [0.5, 0.6) is 5.75 Å². The Morgan fingerprint density at radius 3 is 2.33 bits per heavy atom. The van der Waals surface area contributed by atoms with Gasteiger partial charge in [0.05, 0.1) is 19.1 Å². The first kappa shape index (κ1) is 18.9. The monoisotopic (exact) mass is 370 g/mol. The fraction of sp³-hybridized carbons (Fsp3) is 0.333. The van der Waals surface area contributed by atoms with Gasteiger partial charge in [-0.25, -0.2) is 4.39 Å². The molecule has 1 fully saturated rings. The van der Waals surface area contributed by atoms with Gasteiger partial charge in [0.2, 0.25) is 5.91 Å². The van der Waals surface area contributed by atoms with Gasteiger partial charge >= 0.3 is 0 Å². The first-order chi connectivity index (χ1) is 13.1. The lowest BCUT2D eigenvalue weighted by Crippen LogP contribution is -2.38. The zero-order valence-electron chi connectivity index (χ0n) is 15.4. The minimum atomic E-state index is -0.515. The van der Waals surface area contributed by atoms with Gasteiger partial charge in [-0.15, -0.1) is 0 Å². The molecule has 1 heterocycles. The summed E-state index contributed by atoms with van der Waals surface area (Å²) in [7, 11) is 1.60. The molecule has 0 saturated carbocycles. The molecule has 27 heavy (non-hydrogen) atoms. The van der Waals surface area contributed by atoms with Crippen molar-refractivity contribution in [1.82, 2.24) is 9.80 Å². The molecule has 0 unspecified atom stereocenters. The molecule has 2 amide bonds. The Morgan fingerprint density at radius 1 is 0.963 bits per heavy atom. The molecule has 6 heteroatoms. The number of amides is 2. The van der Waals surface area contributed by atoms with Crippen LogP contribution in [-0.4, -0.2) is 54.9 Å². The molecule has 0 spiro atoms. The Labute approximate surface area is 158 Å². The Morgan fingerprint density at radius 2 is 1.63 bits per heavy atom. The summed E-state index contributed by atoms with van der Waals surface area (Å²) in [5.74, 6) is -0.0552. The topological polar surface area (TPSA) is 49.9 Å². The van der Waals surface area contributed by atoms with E-state index in [0.29, 0.717) is 39.0 Å². The number of nitrogens with zero attached hydrogens (tertiary/aromatic N) is 2. The van der Waals surface area contributed by atoms with Crippen molar-refractivity contribution in [2.24, 2.45) is 0 Å². The number of hydrogen-bond donors (Lipinski definition) is 0. The summed E-state index contributed by atoms with van der Waals surface area (Å²) in [6.45, 7) is 1.96. The van der Waals surface area contributed by atoms with Crippen LogP contribution in [0.1, 0.15) is 22.3 Å². The molecule has 0 atom stereocenters. The van der Waals surface area contributed by atoms with Crippen molar-refractivity contribution in [1.29, 1.82) is 0 Å². The molecule has 0 aliphatic carbocycles. The molecule has 1 aliphatic heterocycles. The third kappa shape index (κ3) is 4.64. The van der Waals surface area contributed by atoms with Crippen LogP contribution in [0.15, 0.2) is 48.5 Å². The van der Waals surface area contributed by atoms with Crippen LogP contribution in [0.3, 0.4) is 0 Å². The van der Waals surface area contributed by atoms with Crippen LogP contribution >= 0.6 is 0 Å². The number of hydrogen-bond acceptors (Lipinski definition) is 3. The third-order valence-corrected chi connectivity index (χ3v) is 4.75. The van der Waals surface area contributed by atoms with Crippen molar-refractivity contribution in [3.05, 3.63) is 65.5 Å². The SMILES string of the molecule is COc1ccc(CC(=O)N2CCCN(C(=O)c3ccccc3F)CC2)cc1. The first-order valence-electron chi connectivity index (χ1n) is 9.03. The van der Waals surface area contributed by atoms with E-state index in [9.17, 15) is 14.0 Å². The lowest BCUT2D eigenvalue weighted by atomic mass is 10.1. The summed E-state index contributed by atoms with van der Waals surface area (Å²) in [5.41, 5.74) is 1.000. The third-order valence-electron chi connectivity index (χ3n) is 4.75. The van der Waals surface area contributed by atoms with E-state index < -0.39 is 5.82 Å². The van der Waals surface area contributed by atoms with Crippen LogP contribution in [0.2, 0.25) is 0 Å². The molecule has 5 nitrogen and oxygen atoms in total. The quantitative estimate of drug-likeness (QED) is 0.832. The van der Waals surface area contributed by atoms with E-state index in [1.165, 1.54) is 12.1 Å². The number of carbonyl (C=O) groups is 2. The van der Waals surface area contributed by atoms with E-state index in [1.807, 2.05) is 24.3 Å². The second-order valence-corrected chi connectivity index (χ2v) is 6.53. The maximum Gasteiger partial charge on any atom is 0.256 e. The standard InChI is InChI=1S/C21H23FN2O3/c1-27-17-9-7-16(8-10-17)15-20(25)23-11-4-12-24(14-13-23)21(26)18-5-2-3-6-19(18)22/h2-3,5-10H,4,11-15H2,1H3. The largest absolute Gasteiger partial charge is 0.497 e. The highest BCUT2D eigenvalue weighted by Crippen LogP contribution is 2.15. The van der Waals surface area contributed by atoms with Crippen LogP contribution in [0, 0.1) is 5.82 Å². The van der Waals surface area contributed by atoms with Crippen molar-refractivity contribution < 1.29 is 18.7 Å². The van der Waals surface area contributed by atoms with Gasteiger partial charge in [-0.3, -0.25) is 9.59 Å². The lowest BCUT2D eigenvalue weighted by Gasteiger charge is -2.22. The smallest absolute Gasteiger partial charge is 0.256 e. The Hall–Kier alpha value is -2.89. The Bertz CT molecular complexity index is 807. The van der Waals surface area contributed by atoms with Crippen LogP contribution in [0.4, 0.5) is 4.39 Å². The summed E-state index contributed by atoms with van der Waals surface area (Å²) in [5, 5.41) is 0. The predicted molar refractivity (Wildman–Crippen MR) is 100 cm³/mol. The minimum absolute atomic E-state index is 0.0281. The van der Waals surface area contributed by atoms with Gasteiger partial charge in [-0.05, 0) is 36.2 Å². The van der Waals surface area contributed by atoms with Crippen LogP contribution in [0.25, 0.3) is 0 Å². The normalized spacial score (nSPS) is 14.6. The molecule has 0 N–H and O–H groups in total. The zero-order valence-corrected chi connectivity index (χ0v) is 15.4. The summed E-state index contributed by atoms with van der Waals surface area (Å²) < 4.78 is 19.0. The maximum absolute atomic E-state index is 13.9. The van der Waals surface area contributed by atoms with Crippen LogP contribution in [-0.2, 0) is 11.2 Å². The molecule has 2 aromatic carbocycles. The van der Waals surface area contributed by atoms with Gasteiger partial charge in [0.1, 0.15) is 11.6 Å². The van der Waals surface area contributed by atoms with Gasteiger partial charge in [-0.2, -0.15) is 0 Å². The van der Waals surface area contributed by atoms with E-state index in [-0.39, 0.29) is 17.4 Å². The fourth-order valence-electron chi connectivity index (χ4n) is 3.20. The summed E-state index contributed by atoms with van der Waals surface area (Å²) in [4.78, 5) is 28.6. The fourth-order valence-corrected chi connectivity index (χ4v) is 3.20. The summed E-state index contributed by atoms with van der Waals surface area (Å²) in [6, 6.07) is 13.4. The number of ether oxygens (including phenoxy) is 1. The molecule has 1 saturated heterocycles. The highest BCUT2D eigenvalue weighted by atomic mass is 19.1. The second-order valence-electron chi connectivity index (χ2n) is 6.53. The number of halogens is 1. The van der Waals surface area contributed by atoms with E-state index in [2.05, 4.69) is 0 Å². The molecule has 0 aromatic heterocycles. The van der Waals surface area contributed by atoms with Gasteiger partial charge in [0.25, 0.3) is 5.91 Å². The molecule has 2 aromatic rings. The number of methoxy groups -OCH3 is 1. The Kier molecular flexibility index (Phi) is 6.06. The van der Waals surface area contributed by atoms with Gasteiger partial charge in [0, 0.05) is 26.2 Å². The maximum atomic E-state index is 13.9. The number of rotatable bonds is 4. The lowest BCUT2D eigenvalue weighted by molar-refractivity contribution is -0.130. The van der Waals surface area contributed by atoms with E-state index >= 15 is 0 Å². The van der Waals surface area contributed by atoms with Crippen molar-refractivity contribution in [3.8, 4) is 5.75 Å². The van der Waals surface area contributed by atoms with E-state index in [0.717, 1.165) is 11.3 Å². The molecular weight excluding hydrogens is 347 g/mol. The first-order valence-corrected chi connectivity index (χ1v) is 9.03. The molecule has 0 bridgehead atoms. The van der Waals surface area contributed by atoms with Crippen molar-refractivity contribution in [3.63, 3.8) is 0 Å². The predicted octanol–water partition coefficient (Wildman–Crippen LogP) is 2.75. The summed E-state index contributed by atoms with van der Waals surface area (Å²) >= 11 is 0. The van der Waals surface area contributed by atoms with Gasteiger partial charge < -0.3 is 14.5 Å². The van der Waals surface area contributed by atoms with E-state index in [4.69, 9.17) is 4.74 Å².